The van der Waals surface area contributed by atoms with E-state index < -0.39 is 29.6 Å². The summed E-state index contributed by atoms with van der Waals surface area (Å²) in [6.45, 7) is 2.70. The van der Waals surface area contributed by atoms with Crippen molar-refractivity contribution in [2.75, 3.05) is 5.32 Å². The molecule has 0 aliphatic rings. The molecule has 1 heterocycles. The van der Waals surface area contributed by atoms with E-state index in [-0.39, 0.29) is 17.2 Å². The maximum absolute atomic E-state index is 13.1. The molecule has 6 nitrogen and oxygen atoms in total. The molecule has 132 valence electrons. The van der Waals surface area contributed by atoms with E-state index in [4.69, 9.17) is 4.74 Å². The number of anilines is 1. The van der Waals surface area contributed by atoms with E-state index in [1.165, 1.54) is 36.7 Å². The summed E-state index contributed by atoms with van der Waals surface area (Å²) in [5.41, 5.74) is 0.482. The fourth-order valence-corrected chi connectivity index (χ4v) is 2.05. The first-order valence-electron chi connectivity index (χ1n) is 7.33. The van der Waals surface area contributed by atoms with Gasteiger partial charge >= 0.3 is 5.97 Å². The monoisotopic (exact) mass is 350 g/mol. The topological polar surface area (TPSA) is 77.4 Å². The summed E-state index contributed by atoms with van der Waals surface area (Å²) in [5.74, 6) is -3.85. The Morgan fingerprint density at radius 1 is 1.16 bits per heavy atom. The highest BCUT2D eigenvalue weighted by Gasteiger charge is 2.22. The minimum atomic E-state index is -1.18. The molecule has 1 N–H and O–H groups in total. The highest BCUT2D eigenvalue weighted by atomic mass is 19.2. The van der Waals surface area contributed by atoms with Crippen molar-refractivity contribution in [1.29, 1.82) is 0 Å². The number of esters is 1. The van der Waals surface area contributed by atoms with Gasteiger partial charge in [-0.1, -0.05) is 0 Å². The number of ketones is 1. The number of amides is 1. The van der Waals surface area contributed by atoms with Gasteiger partial charge in [-0.15, -0.1) is 0 Å². The Morgan fingerprint density at radius 3 is 2.40 bits per heavy atom. The number of rotatable bonds is 5. The third-order valence-corrected chi connectivity index (χ3v) is 3.46. The number of halogens is 2. The van der Waals surface area contributed by atoms with Crippen molar-refractivity contribution in [1.82, 2.24) is 4.57 Å². The molecule has 0 saturated heterocycles. The molecule has 0 aliphatic heterocycles. The predicted octanol–water partition coefficient (Wildman–Crippen LogP) is 2.69. The van der Waals surface area contributed by atoms with Gasteiger partial charge in [0.2, 0.25) is 0 Å². The summed E-state index contributed by atoms with van der Waals surface area (Å²) >= 11 is 0. The SMILES string of the molecule is CC(=O)c1cc(C(=O)O[C@@H](C)C(=O)Nc2ccc(F)c(F)c2)n(C)c1. The molecule has 0 bridgehead atoms. The highest BCUT2D eigenvalue weighted by Crippen LogP contribution is 2.15. The van der Waals surface area contributed by atoms with Gasteiger partial charge in [0.1, 0.15) is 5.69 Å². The Labute approximate surface area is 142 Å². The summed E-state index contributed by atoms with van der Waals surface area (Å²) < 4.78 is 32.5. The molecule has 1 aromatic carbocycles. The maximum Gasteiger partial charge on any atom is 0.355 e. The Kier molecular flexibility index (Phi) is 5.31. The number of hydrogen-bond acceptors (Lipinski definition) is 4. The summed E-state index contributed by atoms with van der Waals surface area (Å²) in [5, 5.41) is 2.32. The van der Waals surface area contributed by atoms with Crippen LogP contribution in [0.3, 0.4) is 0 Å². The van der Waals surface area contributed by atoms with Crippen LogP contribution in [0.15, 0.2) is 30.5 Å². The molecular weight excluding hydrogens is 334 g/mol. The van der Waals surface area contributed by atoms with E-state index in [2.05, 4.69) is 5.32 Å². The van der Waals surface area contributed by atoms with E-state index in [0.29, 0.717) is 5.56 Å². The zero-order valence-electron chi connectivity index (χ0n) is 13.8. The summed E-state index contributed by atoms with van der Waals surface area (Å²) in [6, 6.07) is 4.23. The number of aryl methyl sites for hydroxylation is 1. The molecule has 1 amide bonds. The maximum atomic E-state index is 13.1. The van der Waals surface area contributed by atoms with Gasteiger partial charge < -0.3 is 14.6 Å². The van der Waals surface area contributed by atoms with Gasteiger partial charge in [0.25, 0.3) is 5.91 Å². The van der Waals surface area contributed by atoms with Gasteiger partial charge in [0.15, 0.2) is 23.5 Å². The molecule has 8 heteroatoms. The predicted molar refractivity (Wildman–Crippen MR) is 85.3 cm³/mol. The summed E-state index contributed by atoms with van der Waals surface area (Å²) in [7, 11) is 1.56. The zero-order chi connectivity index (χ0) is 18.7. The summed E-state index contributed by atoms with van der Waals surface area (Å²) in [4.78, 5) is 35.5. The lowest BCUT2D eigenvalue weighted by Gasteiger charge is -2.14. The number of carbonyl (C=O) groups excluding carboxylic acids is 3. The standard InChI is InChI=1S/C17H16F2N2O4/c1-9(22)11-6-15(21(3)8-11)17(24)25-10(2)16(23)20-12-4-5-13(18)14(19)7-12/h4-8,10H,1-3H3,(H,20,23)/t10-/m0/s1. The zero-order valence-corrected chi connectivity index (χ0v) is 13.8. The van der Waals surface area contributed by atoms with E-state index in [1.54, 1.807) is 7.05 Å². The number of benzene rings is 1. The number of ether oxygens (including phenoxy) is 1. The largest absolute Gasteiger partial charge is 0.448 e. The molecular formula is C17H16F2N2O4. The van der Waals surface area contributed by atoms with E-state index in [0.717, 1.165) is 12.1 Å². The Balaban J connectivity index is 2.04. The molecule has 1 atom stereocenters. The van der Waals surface area contributed by atoms with Crippen LogP contribution in [-0.2, 0) is 16.6 Å². The van der Waals surface area contributed by atoms with Crippen molar-refractivity contribution in [2.45, 2.75) is 20.0 Å². The first-order chi connectivity index (χ1) is 11.7. The van der Waals surface area contributed by atoms with Gasteiger partial charge in [-0.2, -0.15) is 0 Å². The van der Waals surface area contributed by atoms with Crippen LogP contribution in [0.1, 0.15) is 34.7 Å². The number of Topliss-reactive ketones (excluding diaryl/α,β-unsaturated/α-hetero) is 1. The average molecular weight is 350 g/mol. The lowest BCUT2D eigenvalue weighted by molar-refractivity contribution is -0.123. The molecule has 25 heavy (non-hydrogen) atoms. The van der Waals surface area contributed by atoms with Crippen LogP contribution < -0.4 is 5.32 Å². The molecule has 0 radical (unpaired) electrons. The van der Waals surface area contributed by atoms with Gasteiger partial charge in [-0.3, -0.25) is 9.59 Å². The molecule has 2 rings (SSSR count). The van der Waals surface area contributed by atoms with Crippen LogP contribution in [0.25, 0.3) is 0 Å². The molecule has 0 unspecified atom stereocenters. The van der Waals surface area contributed by atoms with Crippen LogP contribution in [0.5, 0.6) is 0 Å². The third kappa shape index (κ3) is 4.28. The van der Waals surface area contributed by atoms with Gasteiger partial charge in [0, 0.05) is 30.6 Å². The second-order valence-electron chi connectivity index (χ2n) is 5.45. The van der Waals surface area contributed by atoms with Crippen molar-refractivity contribution < 1.29 is 27.9 Å². The quantitative estimate of drug-likeness (QED) is 0.664. The normalized spacial score (nSPS) is 11.7. The van der Waals surface area contributed by atoms with E-state index in [9.17, 15) is 23.2 Å². The van der Waals surface area contributed by atoms with E-state index >= 15 is 0 Å². The fourth-order valence-electron chi connectivity index (χ4n) is 2.05. The highest BCUT2D eigenvalue weighted by molar-refractivity contribution is 5.99. The van der Waals surface area contributed by atoms with E-state index in [1.807, 2.05) is 0 Å². The molecule has 0 aliphatic carbocycles. The molecule has 2 aromatic rings. The van der Waals surface area contributed by atoms with Crippen molar-refractivity contribution in [3.8, 4) is 0 Å². The fraction of sp³-hybridized carbons (Fsp3) is 0.235. The number of aromatic nitrogens is 1. The van der Waals surface area contributed by atoms with Crippen LogP contribution in [-0.4, -0.2) is 28.3 Å². The lowest BCUT2D eigenvalue weighted by Crippen LogP contribution is -2.30. The lowest BCUT2D eigenvalue weighted by atomic mass is 10.2. The van der Waals surface area contributed by atoms with Crippen molar-refractivity contribution in [2.24, 2.45) is 7.05 Å². The first kappa shape index (κ1) is 18.3. The van der Waals surface area contributed by atoms with Crippen LogP contribution >= 0.6 is 0 Å². The van der Waals surface area contributed by atoms with Crippen LogP contribution in [0.2, 0.25) is 0 Å². The second-order valence-corrected chi connectivity index (χ2v) is 5.45. The van der Waals surface area contributed by atoms with Crippen molar-refractivity contribution >= 4 is 23.3 Å². The van der Waals surface area contributed by atoms with Gasteiger partial charge in [-0.05, 0) is 32.0 Å². The average Bonchev–Trinajstić information content (AvgIpc) is 2.93. The number of carbonyl (C=O) groups is 3. The first-order valence-corrected chi connectivity index (χ1v) is 7.33. The third-order valence-electron chi connectivity index (χ3n) is 3.46. The number of nitrogens with zero attached hydrogens (tertiary/aromatic N) is 1. The molecule has 0 fully saturated rings. The van der Waals surface area contributed by atoms with Gasteiger partial charge in [0.05, 0.1) is 0 Å². The van der Waals surface area contributed by atoms with Crippen LogP contribution in [0.4, 0.5) is 14.5 Å². The molecule has 1 aromatic heterocycles. The smallest absolute Gasteiger partial charge is 0.355 e. The van der Waals surface area contributed by atoms with Crippen LogP contribution in [0, 0.1) is 11.6 Å². The van der Waals surface area contributed by atoms with Gasteiger partial charge in [-0.25, -0.2) is 13.6 Å². The second kappa shape index (κ2) is 7.25. The van der Waals surface area contributed by atoms with Crippen molar-refractivity contribution in [3.63, 3.8) is 0 Å². The Hall–Kier alpha value is -3.03. The molecule has 0 saturated carbocycles. The minimum absolute atomic E-state index is 0.0320. The summed E-state index contributed by atoms with van der Waals surface area (Å²) in [6.07, 6.45) is 0.293. The number of hydrogen-bond donors (Lipinski definition) is 1. The van der Waals surface area contributed by atoms with Crippen molar-refractivity contribution in [3.05, 3.63) is 53.4 Å². The molecule has 0 spiro atoms. The minimum Gasteiger partial charge on any atom is -0.448 e. The Bertz CT molecular complexity index is 845. The Morgan fingerprint density at radius 2 is 1.84 bits per heavy atom. The number of nitrogens with one attached hydrogen (secondary N) is 1.